The van der Waals surface area contributed by atoms with Crippen LogP contribution in [0.2, 0.25) is 0 Å². The molecule has 1 aliphatic heterocycles. The number of benzene rings is 1. The lowest BCUT2D eigenvalue weighted by molar-refractivity contribution is 0.112. The van der Waals surface area contributed by atoms with Gasteiger partial charge < -0.3 is 15.5 Å². The van der Waals surface area contributed by atoms with E-state index in [-0.39, 0.29) is 0 Å². The van der Waals surface area contributed by atoms with Crippen molar-refractivity contribution in [3.8, 4) is 0 Å². The maximum atomic E-state index is 10.5. The molecule has 1 unspecified atom stereocenters. The number of nitrogens with one attached hydrogen (secondary N) is 2. The third-order valence-electron chi connectivity index (χ3n) is 3.12. The molecule has 0 aliphatic carbocycles. The molecule has 1 heterocycles. The SMILES string of the molecule is CC.CC.CCC.N=C(COCC1CCCN1)c1ccc(C=O)cc1. The van der Waals surface area contributed by atoms with Crippen LogP contribution in [0, 0.1) is 5.41 Å². The fourth-order valence-electron chi connectivity index (χ4n) is 2.05. The van der Waals surface area contributed by atoms with Gasteiger partial charge in [-0.2, -0.15) is 0 Å². The summed E-state index contributed by atoms with van der Waals surface area (Å²) in [7, 11) is 0. The standard InChI is InChI=1S/C14H18N2O2.C3H8.2C2H6/c15-14(10-18-9-13-2-1-7-16-13)12-5-3-11(8-17)4-6-12;1-3-2;2*1-2/h3-6,8,13,15-16H,1-2,7,9-10H2;3H2,1-2H3;2*1-2H3. The van der Waals surface area contributed by atoms with Gasteiger partial charge in [-0.25, -0.2) is 0 Å². The van der Waals surface area contributed by atoms with Gasteiger partial charge in [-0.3, -0.25) is 4.79 Å². The van der Waals surface area contributed by atoms with Gasteiger partial charge in [-0.05, 0) is 24.9 Å². The highest BCUT2D eigenvalue weighted by molar-refractivity contribution is 5.99. The van der Waals surface area contributed by atoms with Crippen molar-refractivity contribution in [3.05, 3.63) is 35.4 Å². The highest BCUT2D eigenvalue weighted by Crippen LogP contribution is 2.07. The van der Waals surface area contributed by atoms with Gasteiger partial charge in [0.1, 0.15) is 6.29 Å². The van der Waals surface area contributed by atoms with E-state index in [1.165, 1.54) is 12.8 Å². The molecule has 0 aromatic heterocycles. The number of rotatable bonds is 6. The van der Waals surface area contributed by atoms with Crippen molar-refractivity contribution in [2.45, 2.75) is 66.8 Å². The zero-order chi connectivity index (χ0) is 19.5. The summed E-state index contributed by atoms with van der Waals surface area (Å²) in [6.07, 6.45) is 4.41. The highest BCUT2D eigenvalue weighted by Gasteiger charge is 2.14. The monoisotopic (exact) mass is 350 g/mol. The zero-order valence-electron chi connectivity index (χ0n) is 17.0. The second kappa shape index (κ2) is 18.8. The van der Waals surface area contributed by atoms with Gasteiger partial charge in [0.05, 0.1) is 18.9 Å². The first-order valence-electron chi connectivity index (χ1n) is 9.65. The van der Waals surface area contributed by atoms with Crippen molar-refractivity contribution < 1.29 is 9.53 Å². The number of carbonyl (C=O) groups excluding carboxylic acids is 1. The minimum absolute atomic E-state index is 0.318. The summed E-state index contributed by atoms with van der Waals surface area (Å²) in [6.45, 7) is 14.3. The van der Waals surface area contributed by atoms with E-state index in [1.54, 1.807) is 24.3 Å². The van der Waals surface area contributed by atoms with E-state index in [1.807, 2.05) is 27.7 Å². The average Bonchev–Trinajstić information content (AvgIpc) is 3.19. The summed E-state index contributed by atoms with van der Waals surface area (Å²) in [5, 5.41) is 11.2. The number of hydrogen-bond donors (Lipinski definition) is 2. The first-order chi connectivity index (χ1) is 12.2. The molecule has 4 nitrogen and oxygen atoms in total. The summed E-state index contributed by atoms with van der Waals surface area (Å²) >= 11 is 0. The molecule has 1 saturated heterocycles. The molecule has 1 atom stereocenters. The Balaban J connectivity index is 0. The van der Waals surface area contributed by atoms with Crippen molar-refractivity contribution >= 4 is 12.0 Å². The lowest BCUT2D eigenvalue weighted by Crippen LogP contribution is -2.27. The molecule has 0 saturated carbocycles. The maximum Gasteiger partial charge on any atom is 0.150 e. The minimum atomic E-state index is 0.318. The van der Waals surface area contributed by atoms with Crippen molar-refractivity contribution in [1.29, 1.82) is 5.41 Å². The van der Waals surface area contributed by atoms with E-state index in [9.17, 15) is 4.79 Å². The second-order valence-electron chi connectivity index (χ2n) is 5.23. The minimum Gasteiger partial charge on any atom is -0.374 e. The van der Waals surface area contributed by atoms with Gasteiger partial charge in [0.25, 0.3) is 0 Å². The number of carbonyl (C=O) groups is 1. The van der Waals surface area contributed by atoms with E-state index in [0.29, 0.717) is 30.5 Å². The van der Waals surface area contributed by atoms with Crippen LogP contribution in [0.15, 0.2) is 24.3 Å². The van der Waals surface area contributed by atoms with Crippen LogP contribution >= 0.6 is 0 Å². The molecular formula is C21H38N2O2. The number of ether oxygens (including phenoxy) is 1. The van der Waals surface area contributed by atoms with Gasteiger partial charge >= 0.3 is 0 Å². The number of hydrogen-bond acceptors (Lipinski definition) is 4. The van der Waals surface area contributed by atoms with Crippen LogP contribution in [0.3, 0.4) is 0 Å². The van der Waals surface area contributed by atoms with Crippen LogP contribution in [-0.2, 0) is 4.74 Å². The average molecular weight is 351 g/mol. The molecule has 2 N–H and O–H groups in total. The van der Waals surface area contributed by atoms with Crippen molar-refractivity contribution in [3.63, 3.8) is 0 Å². The van der Waals surface area contributed by atoms with E-state index in [0.717, 1.165) is 24.8 Å². The van der Waals surface area contributed by atoms with Crippen LogP contribution in [-0.4, -0.2) is 37.8 Å². The van der Waals surface area contributed by atoms with Crippen molar-refractivity contribution in [2.75, 3.05) is 19.8 Å². The lowest BCUT2D eigenvalue weighted by Gasteiger charge is -2.11. The Morgan fingerprint density at radius 3 is 2.20 bits per heavy atom. The summed E-state index contributed by atoms with van der Waals surface area (Å²) in [5.41, 5.74) is 1.88. The molecule has 0 spiro atoms. The normalized spacial score (nSPS) is 14.7. The summed E-state index contributed by atoms with van der Waals surface area (Å²) < 4.78 is 5.53. The molecule has 25 heavy (non-hydrogen) atoms. The molecule has 144 valence electrons. The van der Waals surface area contributed by atoms with Gasteiger partial charge in [0.15, 0.2) is 0 Å². The lowest BCUT2D eigenvalue weighted by atomic mass is 10.1. The molecule has 1 fully saturated rings. The number of aldehydes is 1. The fraction of sp³-hybridized carbons (Fsp3) is 0.619. The topological polar surface area (TPSA) is 62.2 Å². The molecule has 0 bridgehead atoms. The highest BCUT2D eigenvalue weighted by atomic mass is 16.5. The van der Waals surface area contributed by atoms with Crippen LogP contribution in [0.25, 0.3) is 0 Å². The van der Waals surface area contributed by atoms with E-state index >= 15 is 0 Å². The Labute approximate surface area is 154 Å². The molecule has 2 rings (SSSR count). The Hall–Kier alpha value is -1.52. The predicted octanol–water partition coefficient (Wildman–Crippen LogP) is 5.10. The van der Waals surface area contributed by atoms with Crippen LogP contribution in [0.1, 0.15) is 76.7 Å². The first-order valence-corrected chi connectivity index (χ1v) is 9.65. The maximum absolute atomic E-state index is 10.5. The largest absolute Gasteiger partial charge is 0.374 e. The van der Waals surface area contributed by atoms with Crippen LogP contribution in [0.4, 0.5) is 0 Å². The Morgan fingerprint density at radius 1 is 1.20 bits per heavy atom. The molecule has 1 aromatic rings. The molecule has 1 aromatic carbocycles. The predicted molar refractivity (Wildman–Crippen MR) is 109 cm³/mol. The quantitative estimate of drug-likeness (QED) is 0.554. The molecule has 0 amide bonds. The third kappa shape index (κ3) is 12.5. The molecule has 4 heteroatoms. The van der Waals surface area contributed by atoms with E-state index in [2.05, 4.69) is 19.2 Å². The second-order valence-corrected chi connectivity index (χ2v) is 5.23. The van der Waals surface area contributed by atoms with E-state index < -0.39 is 0 Å². The van der Waals surface area contributed by atoms with Gasteiger partial charge in [0, 0.05) is 11.6 Å². The zero-order valence-corrected chi connectivity index (χ0v) is 17.0. The van der Waals surface area contributed by atoms with Gasteiger partial charge in [-0.1, -0.05) is 72.2 Å². The molecular weight excluding hydrogens is 312 g/mol. The first kappa shape index (κ1) is 25.7. The summed E-state index contributed by atoms with van der Waals surface area (Å²) in [5.74, 6) is 0. The van der Waals surface area contributed by atoms with Crippen molar-refractivity contribution in [1.82, 2.24) is 5.32 Å². The van der Waals surface area contributed by atoms with Gasteiger partial charge in [-0.15, -0.1) is 0 Å². The third-order valence-corrected chi connectivity index (χ3v) is 3.12. The van der Waals surface area contributed by atoms with Crippen LogP contribution < -0.4 is 5.32 Å². The van der Waals surface area contributed by atoms with Crippen LogP contribution in [0.5, 0.6) is 0 Å². The Bertz CT molecular complexity index is 424. The van der Waals surface area contributed by atoms with E-state index in [4.69, 9.17) is 10.1 Å². The fourth-order valence-corrected chi connectivity index (χ4v) is 2.05. The Morgan fingerprint density at radius 2 is 1.76 bits per heavy atom. The molecule has 1 aliphatic rings. The van der Waals surface area contributed by atoms with Gasteiger partial charge in [0.2, 0.25) is 0 Å². The Kier molecular flexibility index (Phi) is 19.4. The summed E-state index contributed by atoms with van der Waals surface area (Å²) in [6, 6.07) is 7.44. The smallest absolute Gasteiger partial charge is 0.150 e. The summed E-state index contributed by atoms with van der Waals surface area (Å²) in [4.78, 5) is 10.5. The molecule has 0 radical (unpaired) electrons. The van der Waals surface area contributed by atoms with Crippen molar-refractivity contribution in [2.24, 2.45) is 0 Å².